The van der Waals surface area contributed by atoms with Crippen LogP contribution in [-0.2, 0) is 14.3 Å². The van der Waals surface area contributed by atoms with Gasteiger partial charge in [0, 0.05) is 6.42 Å². The van der Waals surface area contributed by atoms with Crippen LogP contribution in [0.5, 0.6) is 0 Å². The molecule has 0 fully saturated rings. The Morgan fingerprint density at radius 2 is 1.79 bits per heavy atom. The SMILES string of the molecule is CCC(=O)N[C@@H](C(=O)OC(C)(C)C)c1ccccc1. The van der Waals surface area contributed by atoms with Crippen LogP contribution in [0.1, 0.15) is 45.7 Å². The maximum atomic E-state index is 12.2. The van der Waals surface area contributed by atoms with Crippen molar-refractivity contribution in [3.63, 3.8) is 0 Å². The van der Waals surface area contributed by atoms with E-state index in [9.17, 15) is 9.59 Å². The molecule has 104 valence electrons. The monoisotopic (exact) mass is 263 g/mol. The van der Waals surface area contributed by atoms with Gasteiger partial charge in [-0.25, -0.2) is 4.79 Å². The third kappa shape index (κ3) is 5.12. The van der Waals surface area contributed by atoms with Crippen LogP contribution in [0.2, 0.25) is 0 Å². The number of hydrogen-bond acceptors (Lipinski definition) is 3. The van der Waals surface area contributed by atoms with E-state index in [1.165, 1.54) is 0 Å². The molecule has 0 spiro atoms. The number of amides is 1. The summed E-state index contributed by atoms with van der Waals surface area (Å²) in [5.41, 5.74) is 0.139. The molecular weight excluding hydrogens is 242 g/mol. The molecule has 1 aromatic carbocycles. The first-order valence-corrected chi connectivity index (χ1v) is 6.40. The van der Waals surface area contributed by atoms with E-state index in [0.29, 0.717) is 6.42 Å². The van der Waals surface area contributed by atoms with E-state index in [-0.39, 0.29) is 5.91 Å². The molecule has 0 aliphatic heterocycles. The summed E-state index contributed by atoms with van der Waals surface area (Å²) in [5, 5.41) is 2.69. The molecule has 0 heterocycles. The fourth-order valence-electron chi connectivity index (χ4n) is 1.55. The van der Waals surface area contributed by atoms with Gasteiger partial charge < -0.3 is 10.1 Å². The standard InChI is InChI=1S/C15H21NO3/c1-5-12(17)16-13(11-9-7-6-8-10-11)14(18)19-15(2,3)4/h6-10,13H,5H2,1-4H3,(H,16,17)/t13-/m1/s1. The summed E-state index contributed by atoms with van der Waals surface area (Å²) < 4.78 is 5.35. The molecule has 1 atom stereocenters. The Balaban J connectivity index is 2.93. The summed E-state index contributed by atoms with van der Waals surface area (Å²) in [6.07, 6.45) is 0.326. The zero-order valence-electron chi connectivity index (χ0n) is 11.9. The van der Waals surface area contributed by atoms with Crippen LogP contribution in [0.25, 0.3) is 0 Å². The fraction of sp³-hybridized carbons (Fsp3) is 0.467. The molecule has 0 saturated heterocycles. The van der Waals surface area contributed by atoms with Crippen molar-refractivity contribution in [3.05, 3.63) is 35.9 Å². The minimum absolute atomic E-state index is 0.181. The van der Waals surface area contributed by atoms with E-state index >= 15 is 0 Å². The van der Waals surface area contributed by atoms with E-state index in [1.807, 2.05) is 18.2 Å². The van der Waals surface area contributed by atoms with Crippen LogP contribution in [-0.4, -0.2) is 17.5 Å². The highest BCUT2D eigenvalue weighted by Crippen LogP contribution is 2.18. The Kier molecular flexibility index (Phi) is 5.10. The summed E-state index contributed by atoms with van der Waals surface area (Å²) in [6.45, 7) is 7.14. The van der Waals surface area contributed by atoms with Gasteiger partial charge in [-0.05, 0) is 26.3 Å². The number of hydrogen-bond donors (Lipinski definition) is 1. The molecule has 0 aromatic heterocycles. The van der Waals surface area contributed by atoms with Crippen LogP contribution < -0.4 is 5.32 Å². The third-order valence-electron chi connectivity index (χ3n) is 2.40. The molecule has 19 heavy (non-hydrogen) atoms. The summed E-state index contributed by atoms with van der Waals surface area (Å²) in [6, 6.07) is 8.34. The Bertz CT molecular complexity index is 434. The number of carbonyl (C=O) groups excluding carboxylic acids is 2. The molecule has 4 nitrogen and oxygen atoms in total. The lowest BCUT2D eigenvalue weighted by Gasteiger charge is -2.24. The smallest absolute Gasteiger partial charge is 0.333 e. The van der Waals surface area contributed by atoms with E-state index < -0.39 is 17.6 Å². The largest absolute Gasteiger partial charge is 0.458 e. The number of ether oxygens (including phenoxy) is 1. The Morgan fingerprint density at radius 3 is 2.26 bits per heavy atom. The maximum Gasteiger partial charge on any atom is 0.333 e. The summed E-state index contributed by atoms with van der Waals surface area (Å²) in [4.78, 5) is 23.7. The lowest BCUT2D eigenvalue weighted by Crippen LogP contribution is -2.37. The second kappa shape index (κ2) is 6.36. The summed E-state index contributed by atoms with van der Waals surface area (Å²) in [5.74, 6) is -0.625. The molecule has 1 rings (SSSR count). The van der Waals surface area contributed by atoms with E-state index in [4.69, 9.17) is 4.74 Å². The highest BCUT2D eigenvalue weighted by molar-refractivity contribution is 5.85. The van der Waals surface area contributed by atoms with Crippen molar-refractivity contribution in [2.45, 2.75) is 45.8 Å². The zero-order valence-corrected chi connectivity index (χ0v) is 11.9. The first-order valence-electron chi connectivity index (χ1n) is 6.40. The van der Waals surface area contributed by atoms with E-state index in [2.05, 4.69) is 5.32 Å². The maximum absolute atomic E-state index is 12.2. The van der Waals surface area contributed by atoms with Gasteiger partial charge >= 0.3 is 5.97 Å². The highest BCUT2D eigenvalue weighted by Gasteiger charge is 2.27. The van der Waals surface area contributed by atoms with Crippen molar-refractivity contribution in [2.75, 3.05) is 0 Å². The highest BCUT2D eigenvalue weighted by atomic mass is 16.6. The van der Waals surface area contributed by atoms with Gasteiger partial charge in [0.05, 0.1) is 0 Å². The minimum atomic E-state index is -0.757. The van der Waals surface area contributed by atoms with Crippen LogP contribution in [0.3, 0.4) is 0 Å². The van der Waals surface area contributed by atoms with Crippen molar-refractivity contribution in [3.8, 4) is 0 Å². The molecule has 0 aliphatic rings. The lowest BCUT2D eigenvalue weighted by molar-refractivity contribution is -0.158. The normalized spacial score (nSPS) is 12.6. The zero-order chi connectivity index (χ0) is 14.5. The lowest BCUT2D eigenvalue weighted by atomic mass is 10.1. The first kappa shape index (κ1) is 15.2. The molecule has 1 N–H and O–H groups in total. The number of benzene rings is 1. The van der Waals surface area contributed by atoms with E-state index in [0.717, 1.165) is 5.56 Å². The van der Waals surface area contributed by atoms with Gasteiger partial charge in [0.2, 0.25) is 5.91 Å². The molecular formula is C15H21NO3. The average Bonchev–Trinajstić information content (AvgIpc) is 2.34. The average molecular weight is 263 g/mol. The minimum Gasteiger partial charge on any atom is -0.458 e. The number of esters is 1. The molecule has 1 aromatic rings. The van der Waals surface area contributed by atoms with Crippen molar-refractivity contribution < 1.29 is 14.3 Å². The van der Waals surface area contributed by atoms with Gasteiger partial charge in [-0.3, -0.25) is 4.79 Å². The molecule has 0 aliphatic carbocycles. The van der Waals surface area contributed by atoms with Crippen molar-refractivity contribution in [2.24, 2.45) is 0 Å². The fourth-order valence-corrected chi connectivity index (χ4v) is 1.55. The van der Waals surface area contributed by atoms with Crippen LogP contribution in [0, 0.1) is 0 Å². The van der Waals surface area contributed by atoms with Gasteiger partial charge in [0.1, 0.15) is 5.60 Å². The van der Waals surface area contributed by atoms with Gasteiger partial charge in [0.25, 0.3) is 0 Å². The molecule has 0 unspecified atom stereocenters. The quantitative estimate of drug-likeness (QED) is 0.849. The number of nitrogens with one attached hydrogen (secondary N) is 1. The van der Waals surface area contributed by atoms with Crippen molar-refractivity contribution in [1.29, 1.82) is 0 Å². The molecule has 0 bridgehead atoms. The van der Waals surface area contributed by atoms with Gasteiger partial charge in [-0.2, -0.15) is 0 Å². The second-order valence-electron chi connectivity index (χ2n) is 5.30. The van der Waals surface area contributed by atoms with Crippen LogP contribution in [0.4, 0.5) is 0 Å². The topological polar surface area (TPSA) is 55.4 Å². The number of carbonyl (C=O) groups is 2. The van der Waals surface area contributed by atoms with Gasteiger partial charge in [-0.1, -0.05) is 37.3 Å². The Morgan fingerprint density at radius 1 is 1.21 bits per heavy atom. The van der Waals surface area contributed by atoms with Crippen LogP contribution >= 0.6 is 0 Å². The predicted molar refractivity (Wildman–Crippen MR) is 73.5 cm³/mol. The van der Waals surface area contributed by atoms with Gasteiger partial charge in [-0.15, -0.1) is 0 Å². The van der Waals surface area contributed by atoms with Crippen LogP contribution in [0.15, 0.2) is 30.3 Å². The molecule has 1 amide bonds. The number of rotatable bonds is 4. The summed E-state index contributed by atoms with van der Waals surface area (Å²) >= 11 is 0. The Hall–Kier alpha value is -1.84. The second-order valence-corrected chi connectivity index (χ2v) is 5.30. The van der Waals surface area contributed by atoms with Crippen molar-refractivity contribution in [1.82, 2.24) is 5.32 Å². The van der Waals surface area contributed by atoms with Crippen molar-refractivity contribution >= 4 is 11.9 Å². The molecule has 0 radical (unpaired) electrons. The van der Waals surface area contributed by atoms with E-state index in [1.54, 1.807) is 39.8 Å². The first-order chi connectivity index (χ1) is 8.83. The molecule has 0 saturated carbocycles. The third-order valence-corrected chi connectivity index (χ3v) is 2.40. The molecule has 4 heteroatoms. The summed E-state index contributed by atoms with van der Waals surface area (Å²) in [7, 11) is 0. The van der Waals surface area contributed by atoms with Gasteiger partial charge in [0.15, 0.2) is 6.04 Å². The predicted octanol–water partition coefficient (Wildman–Crippen LogP) is 2.60. The Labute approximate surface area is 114 Å².